The average molecular weight is 296 g/mol. The lowest BCUT2D eigenvalue weighted by molar-refractivity contribution is -0.134. The monoisotopic (exact) mass is 296 g/mol. The number of benzene rings is 2. The molecule has 3 heteroatoms. The molecule has 22 heavy (non-hydrogen) atoms. The molecule has 0 spiro atoms. The Morgan fingerprint density at radius 3 is 2.18 bits per heavy atom. The van der Waals surface area contributed by atoms with Gasteiger partial charge >= 0.3 is 5.97 Å². The van der Waals surface area contributed by atoms with Crippen molar-refractivity contribution in [3.63, 3.8) is 0 Å². The molecule has 0 bridgehead atoms. The molecule has 0 radical (unpaired) electrons. The van der Waals surface area contributed by atoms with Crippen LogP contribution >= 0.6 is 0 Å². The van der Waals surface area contributed by atoms with Crippen molar-refractivity contribution in [2.75, 3.05) is 0 Å². The second-order valence-corrected chi connectivity index (χ2v) is 5.33. The number of ether oxygens (including phenoxy) is 1. The molecule has 0 aromatic heterocycles. The van der Waals surface area contributed by atoms with Gasteiger partial charge in [0.1, 0.15) is 5.75 Å². The van der Waals surface area contributed by atoms with Gasteiger partial charge in [0.25, 0.3) is 0 Å². The number of aryl methyl sites for hydroxylation is 3. The third-order valence-corrected chi connectivity index (χ3v) is 3.32. The predicted octanol–water partition coefficient (Wildman–Crippen LogP) is 4.37. The van der Waals surface area contributed by atoms with Crippen LogP contribution in [0.2, 0.25) is 0 Å². The smallest absolute Gasteiger partial charge is 0.371 e. The van der Waals surface area contributed by atoms with Gasteiger partial charge in [-0.1, -0.05) is 37.3 Å². The van der Waals surface area contributed by atoms with Gasteiger partial charge in [0.2, 0.25) is 5.76 Å². The zero-order valence-electron chi connectivity index (χ0n) is 13.1. The zero-order chi connectivity index (χ0) is 16.1. The van der Waals surface area contributed by atoms with Gasteiger partial charge in [-0.15, -0.1) is 0 Å². The van der Waals surface area contributed by atoms with E-state index in [0.29, 0.717) is 5.75 Å². The summed E-state index contributed by atoms with van der Waals surface area (Å²) < 4.78 is 5.56. The summed E-state index contributed by atoms with van der Waals surface area (Å²) in [4.78, 5) is 11.4. The molecule has 1 N–H and O–H groups in total. The normalized spacial score (nSPS) is 11.3. The Morgan fingerprint density at radius 2 is 1.68 bits per heavy atom. The topological polar surface area (TPSA) is 46.5 Å². The minimum Gasteiger partial charge on any atom is -0.475 e. The summed E-state index contributed by atoms with van der Waals surface area (Å²) >= 11 is 0. The molecule has 114 valence electrons. The molecule has 0 saturated carbocycles. The standard InChI is InChI=1S/C19H20O3/c1-4-15-5-7-16(8-6-15)12-18(19(20)21)22-17-10-13(2)9-14(3)11-17/h5-12H,4H2,1-3H3,(H,20,21). The van der Waals surface area contributed by atoms with Crippen molar-refractivity contribution in [1.29, 1.82) is 0 Å². The van der Waals surface area contributed by atoms with E-state index >= 15 is 0 Å². The van der Waals surface area contributed by atoms with Crippen molar-refractivity contribution >= 4 is 12.0 Å². The van der Waals surface area contributed by atoms with E-state index in [9.17, 15) is 9.90 Å². The van der Waals surface area contributed by atoms with Crippen LogP contribution in [0.4, 0.5) is 0 Å². The van der Waals surface area contributed by atoms with Gasteiger partial charge < -0.3 is 9.84 Å². The molecule has 2 rings (SSSR count). The third-order valence-electron chi connectivity index (χ3n) is 3.32. The van der Waals surface area contributed by atoms with Crippen molar-refractivity contribution in [1.82, 2.24) is 0 Å². The molecule has 2 aromatic rings. The highest BCUT2D eigenvalue weighted by Crippen LogP contribution is 2.20. The molecule has 2 aromatic carbocycles. The van der Waals surface area contributed by atoms with E-state index in [1.165, 1.54) is 5.56 Å². The average Bonchev–Trinajstić information content (AvgIpc) is 2.46. The van der Waals surface area contributed by atoms with E-state index in [1.807, 2.05) is 56.3 Å². The minimum atomic E-state index is -1.08. The Labute approximate surface area is 130 Å². The predicted molar refractivity (Wildman–Crippen MR) is 88.0 cm³/mol. The second kappa shape index (κ2) is 6.94. The van der Waals surface area contributed by atoms with E-state index in [0.717, 1.165) is 23.1 Å². The molecule has 0 atom stereocenters. The maximum atomic E-state index is 11.4. The van der Waals surface area contributed by atoms with Crippen LogP contribution < -0.4 is 4.74 Å². The Hall–Kier alpha value is -2.55. The fourth-order valence-electron chi connectivity index (χ4n) is 2.25. The first-order valence-electron chi connectivity index (χ1n) is 7.28. The Morgan fingerprint density at radius 1 is 1.09 bits per heavy atom. The summed E-state index contributed by atoms with van der Waals surface area (Å²) in [5.41, 5.74) is 4.09. The number of hydrogen-bond acceptors (Lipinski definition) is 2. The lowest BCUT2D eigenvalue weighted by Crippen LogP contribution is -2.07. The van der Waals surface area contributed by atoms with Gasteiger partial charge in [-0.25, -0.2) is 4.79 Å². The molecular formula is C19H20O3. The van der Waals surface area contributed by atoms with E-state index < -0.39 is 5.97 Å². The number of carboxylic acids is 1. The highest BCUT2D eigenvalue weighted by molar-refractivity contribution is 5.90. The quantitative estimate of drug-likeness (QED) is 0.658. The fraction of sp³-hybridized carbons (Fsp3) is 0.211. The van der Waals surface area contributed by atoms with Crippen LogP contribution in [0.15, 0.2) is 48.2 Å². The number of rotatable bonds is 5. The molecule has 0 aliphatic rings. The molecule has 0 saturated heterocycles. The van der Waals surface area contributed by atoms with Crippen molar-refractivity contribution in [2.24, 2.45) is 0 Å². The van der Waals surface area contributed by atoms with Crippen LogP contribution in [-0.2, 0) is 11.2 Å². The van der Waals surface area contributed by atoms with E-state index in [1.54, 1.807) is 6.08 Å². The molecule has 3 nitrogen and oxygen atoms in total. The first-order chi connectivity index (χ1) is 10.5. The number of hydrogen-bond donors (Lipinski definition) is 1. The summed E-state index contributed by atoms with van der Waals surface area (Å²) in [6, 6.07) is 13.4. The molecule has 0 aliphatic heterocycles. The van der Waals surface area contributed by atoms with Crippen molar-refractivity contribution in [3.8, 4) is 5.75 Å². The van der Waals surface area contributed by atoms with E-state index in [2.05, 4.69) is 6.92 Å². The van der Waals surface area contributed by atoms with Crippen LogP contribution in [-0.4, -0.2) is 11.1 Å². The van der Waals surface area contributed by atoms with Gasteiger partial charge in [0.05, 0.1) is 0 Å². The molecule has 0 amide bonds. The van der Waals surface area contributed by atoms with E-state index in [4.69, 9.17) is 4.74 Å². The van der Waals surface area contributed by atoms with Crippen LogP contribution in [0.1, 0.15) is 29.2 Å². The molecule has 0 heterocycles. The zero-order valence-corrected chi connectivity index (χ0v) is 13.1. The summed E-state index contributed by atoms with van der Waals surface area (Å²) in [6.45, 7) is 5.98. The highest BCUT2D eigenvalue weighted by atomic mass is 16.5. The van der Waals surface area contributed by atoms with Crippen molar-refractivity contribution in [3.05, 3.63) is 70.5 Å². The lowest BCUT2D eigenvalue weighted by Gasteiger charge is -2.08. The fourth-order valence-corrected chi connectivity index (χ4v) is 2.25. The van der Waals surface area contributed by atoms with Crippen LogP contribution in [0.5, 0.6) is 5.75 Å². The third kappa shape index (κ3) is 4.22. The maximum Gasteiger partial charge on any atom is 0.371 e. The Kier molecular flexibility index (Phi) is 4.99. The summed E-state index contributed by atoms with van der Waals surface area (Å²) in [5, 5.41) is 9.34. The van der Waals surface area contributed by atoms with Crippen molar-refractivity contribution in [2.45, 2.75) is 27.2 Å². The second-order valence-electron chi connectivity index (χ2n) is 5.33. The lowest BCUT2D eigenvalue weighted by atomic mass is 10.1. The molecule has 0 unspecified atom stereocenters. The van der Waals surface area contributed by atoms with Gasteiger partial charge in [-0.05, 0) is 60.7 Å². The van der Waals surface area contributed by atoms with Crippen molar-refractivity contribution < 1.29 is 14.6 Å². The maximum absolute atomic E-state index is 11.4. The molecule has 0 aliphatic carbocycles. The van der Waals surface area contributed by atoms with Gasteiger partial charge in [-0.2, -0.15) is 0 Å². The molecule has 0 fully saturated rings. The number of carbonyl (C=O) groups is 1. The summed E-state index contributed by atoms with van der Waals surface area (Å²) in [6.07, 6.45) is 2.49. The first-order valence-corrected chi connectivity index (χ1v) is 7.28. The minimum absolute atomic E-state index is 0.0887. The van der Waals surface area contributed by atoms with Gasteiger partial charge in [-0.3, -0.25) is 0 Å². The Balaban J connectivity index is 2.28. The number of aliphatic carboxylic acids is 1. The van der Waals surface area contributed by atoms with Gasteiger partial charge in [0.15, 0.2) is 0 Å². The summed E-state index contributed by atoms with van der Waals surface area (Å²) in [5.74, 6) is -0.635. The first kappa shape index (κ1) is 15.8. The summed E-state index contributed by atoms with van der Waals surface area (Å²) in [7, 11) is 0. The largest absolute Gasteiger partial charge is 0.475 e. The Bertz CT molecular complexity index is 677. The van der Waals surface area contributed by atoms with Crippen LogP contribution in [0, 0.1) is 13.8 Å². The SMILES string of the molecule is CCc1ccc(C=C(Oc2cc(C)cc(C)c2)C(=O)O)cc1. The molecular weight excluding hydrogens is 276 g/mol. The van der Waals surface area contributed by atoms with Crippen LogP contribution in [0.25, 0.3) is 6.08 Å². The van der Waals surface area contributed by atoms with E-state index in [-0.39, 0.29) is 5.76 Å². The van der Waals surface area contributed by atoms with Crippen LogP contribution in [0.3, 0.4) is 0 Å². The highest BCUT2D eigenvalue weighted by Gasteiger charge is 2.11. The van der Waals surface area contributed by atoms with Gasteiger partial charge in [0, 0.05) is 0 Å². The number of carboxylic acid groups (broad SMARTS) is 1.